The van der Waals surface area contributed by atoms with Crippen molar-refractivity contribution < 1.29 is 0 Å². The van der Waals surface area contributed by atoms with E-state index in [9.17, 15) is 0 Å². The summed E-state index contributed by atoms with van der Waals surface area (Å²) in [5.41, 5.74) is 0. The quantitative estimate of drug-likeness (QED) is 0.530. The van der Waals surface area contributed by atoms with Crippen molar-refractivity contribution >= 4 is 54.1 Å². The van der Waals surface area contributed by atoms with Gasteiger partial charge in [-0.3, -0.25) is 0 Å². The van der Waals surface area contributed by atoms with Crippen LogP contribution in [0.5, 0.6) is 0 Å². The van der Waals surface area contributed by atoms with Gasteiger partial charge in [0, 0.05) is 23.7 Å². The smallest absolute Gasteiger partial charge is 0.0366 e. The van der Waals surface area contributed by atoms with E-state index in [0.29, 0.717) is 0 Å². The van der Waals surface area contributed by atoms with E-state index < -0.39 is 0 Å². The highest BCUT2D eigenvalue weighted by Gasteiger charge is 2.05. The Balaban J connectivity index is 2.65. The number of rotatable bonds is 0. The summed E-state index contributed by atoms with van der Waals surface area (Å²) in [6.45, 7) is 0. The summed E-state index contributed by atoms with van der Waals surface area (Å²) in [5, 5.41) is 2.80. The SMILES string of the molecule is Ic1cccc2sc3ccccc3c12. The Kier molecular flexibility index (Phi) is 1.99. The van der Waals surface area contributed by atoms with Crippen LogP contribution in [-0.2, 0) is 0 Å². The fourth-order valence-electron chi connectivity index (χ4n) is 1.73. The van der Waals surface area contributed by atoms with Crippen LogP contribution in [0.1, 0.15) is 0 Å². The summed E-state index contributed by atoms with van der Waals surface area (Å²) in [7, 11) is 0. The second-order valence-corrected chi connectivity index (χ2v) is 5.46. The minimum atomic E-state index is 1.34. The molecular weight excluding hydrogens is 303 g/mol. The molecule has 68 valence electrons. The Morgan fingerprint density at radius 2 is 1.64 bits per heavy atom. The van der Waals surface area contributed by atoms with Crippen LogP contribution in [-0.4, -0.2) is 0 Å². The van der Waals surface area contributed by atoms with E-state index in [1.165, 1.54) is 23.7 Å². The Morgan fingerprint density at radius 1 is 0.857 bits per heavy atom. The molecule has 0 radical (unpaired) electrons. The Labute approximate surface area is 99.7 Å². The van der Waals surface area contributed by atoms with E-state index in [0.717, 1.165) is 0 Å². The van der Waals surface area contributed by atoms with E-state index in [1.807, 2.05) is 11.3 Å². The highest BCUT2D eigenvalue weighted by Crippen LogP contribution is 2.35. The summed E-state index contributed by atoms with van der Waals surface area (Å²) in [5.74, 6) is 0. The summed E-state index contributed by atoms with van der Waals surface area (Å²) in [6.07, 6.45) is 0. The first-order valence-electron chi connectivity index (χ1n) is 4.42. The van der Waals surface area contributed by atoms with Crippen LogP contribution in [0.25, 0.3) is 20.2 Å². The van der Waals surface area contributed by atoms with Gasteiger partial charge in [0.2, 0.25) is 0 Å². The molecule has 0 N–H and O–H groups in total. The number of halogens is 1. The van der Waals surface area contributed by atoms with Crippen LogP contribution in [0.3, 0.4) is 0 Å². The molecule has 0 fully saturated rings. The molecule has 3 rings (SSSR count). The standard InChI is InChI=1S/C12H7IS/c13-9-5-3-7-11-12(9)8-4-1-2-6-10(8)14-11/h1-7H. The summed E-state index contributed by atoms with van der Waals surface area (Å²) >= 11 is 4.28. The van der Waals surface area contributed by atoms with Gasteiger partial charge in [-0.25, -0.2) is 0 Å². The van der Waals surface area contributed by atoms with Crippen LogP contribution in [0.15, 0.2) is 42.5 Å². The molecule has 3 aromatic rings. The highest BCUT2D eigenvalue weighted by atomic mass is 127. The van der Waals surface area contributed by atoms with Gasteiger partial charge < -0.3 is 0 Å². The molecule has 0 saturated carbocycles. The van der Waals surface area contributed by atoms with E-state index in [1.54, 1.807) is 0 Å². The molecule has 0 atom stereocenters. The molecule has 14 heavy (non-hydrogen) atoms. The largest absolute Gasteiger partial charge is 0.135 e. The number of hydrogen-bond donors (Lipinski definition) is 0. The normalized spacial score (nSPS) is 11.2. The molecule has 1 heterocycles. The van der Waals surface area contributed by atoms with E-state index in [-0.39, 0.29) is 0 Å². The Morgan fingerprint density at radius 3 is 2.57 bits per heavy atom. The van der Waals surface area contributed by atoms with Crippen molar-refractivity contribution in [1.29, 1.82) is 0 Å². The van der Waals surface area contributed by atoms with Gasteiger partial charge in [-0.2, -0.15) is 0 Å². The second kappa shape index (κ2) is 3.21. The van der Waals surface area contributed by atoms with Crippen molar-refractivity contribution in [2.45, 2.75) is 0 Å². The maximum atomic E-state index is 2.41. The molecule has 1 aromatic heterocycles. The van der Waals surface area contributed by atoms with Crippen molar-refractivity contribution in [3.05, 3.63) is 46.0 Å². The average Bonchev–Trinajstić information content (AvgIpc) is 2.57. The number of hydrogen-bond acceptors (Lipinski definition) is 1. The van der Waals surface area contributed by atoms with E-state index >= 15 is 0 Å². The first-order chi connectivity index (χ1) is 6.86. The molecule has 0 bridgehead atoms. The third-order valence-corrected chi connectivity index (χ3v) is 4.39. The maximum Gasteiger partial charge on any atom is 0.0366 e. The third-order valence-electron chi connectivity index (χ3n) is 2.35. The lowest BCUT2D eigenvalue weighted by atomic mass is 10.2. The molecule has 0 unspecified atom stereocenters. The molecule has 0 saturated heterocycles. The van der Waals surface area contributed by atoms with Crippen LogP contribution >= 0.6 is 33.9 Å². The third kappa shape index (κ3) is 1.17. The van der Waals surface area contributed by atoms with Crippen LogP contribution in [0.2, 0.25) is 0 Å². The molecule has 2 heteroatoms. The second-order valence-electron chi connectivity index (χ2n) is 3.21. The van der Waals surface area contributed by atoms with Gasteiger partial charge in [0.15, 0.2) is 0 Å². The van der Waals surface area contributed by atoms with Gasteiger partial charge >= 0.3 is 0 Å². The zero-order valence-electron chi connectivity index (χ0n) is 7.33. The number of thiophene rings is 1. The van der Waals surface area contributed by atoms with Crippen molar-refractivity contribution in [2.75, 3.05) is 0 Å². The molecular formula is C12H7IS. The molecule has 2 aromatic carbocycles. The van der Waals surface area contributed by atoms with Crippen molar-refractivity contribution in [3.63, 3.8) is 0 Å². The van der Waals surface area contributed by atoms with Gasteiger partial charge in [-0.15, -0.1) is 11.3 Å². The maximum absolute atomic E-state index is 2.41. The molecule has 0 spiro atoms. The van der Waals surface area contributed by atoms with Gasteiger partial charge in [0.1, 0.15) is 0 Å². The predicted octanol–water partition coefficient (Wildman–Crippen LogP) is 4.66. The first-order valence-corrected chi connectivity index (χ1v) is 6.31. The summed E-state index contributed by atoms with van der Waals surface area (Å²) < 4.78 is 4.11. The molecule has 0 aliphatic carbocycles. The van der Waals surface area contributed by atoms with E-state index in [4.69, 9.17) is 0 Å². The molecule has 0 amide bonds. The Hall–Kier alpha value is -0.610. The number of benzene rings is 2. The van der Waals surface area contributed by atoms with Gasteiger partial charge in [-0.1, -0.05) is 24.3 Å². The lowest BCUT2D eigenvalue weighted by Crippen LogP contribution is -1.71. The minimum absolute atomic E-state index is 1.34. The van der Waals surface area contributed by atoms with Gasteiger partial charge in [-0.05, 0) is 40.8 Å². The van der Waals surface area contributed by atoms with Gasteiger partial charge in [0.05, 0.1) is 0 Å². The van der Waals surface area contributed by atoms with Gasteiger partial charge in [0.25, 0.3) is 0 Å². The summed E-state index contributed by atoms with van der Waals surface area (Å²) in [6, 6.07) is 15.1. The first kappa shape index (κ1) is 8.68. The Bertz CT molecular complexity index is 610. The molecule has 0 aliphatic rings. The lowest BCUT2D eigenvalue weighted by Gasteiger charge is -1.93. The monoisotopic (exact) mass is 310 g/mol. The summed E-state index contributed by atoms with van der Waals surface area (Å²) in [4.78, 5) is 0. The fraction of sp³-hybridized carbons (Fsp3) is 0. The van der Waals surface area contributed by atoms with Crippen LogP contribution in [0.4, 0.5) is 0 Å². The predicted molar refractivity (Wildman–Crippen MR) is 72.0 cm³/mol. The molecule has 0 aliphatic heterocycles. The molecule has 0 nitrogen and oxygen atoms in total. The zero-order chi connectivity index (χ0) is 9.54. The van der Waals surface area contributed by atoms with Crippen molar-refractivity contribution in [2.24, 2.45) is 0 Å². The lowest BCUT2D eigenvalue weighted by molar-refractivity contribution is 1.79. The van der Waals surface area contributed by atoms with E-state index in [2.05, 4.69) is 65.1 Å². The van der Waals surface area contributed by atoms with Crippen LogP contribution in [0, 0.1) is 3.57 Å². The topological polar surface area (TPSA) is 0 Å². The number of fused-ring (bicyclic) bond motifs is 3. The highest BCUT2D eigenvalue weighted by molar-refractivity contribution is 14.1. The van der Waals surface area contributed by atoms with Crippen LogP contribution < -0.4 is 0 Å². The van der Waals surface area contributed by atoms with Crippen molar-refractivity contribution in [3.8, 4) is 0 Å². The minimum Gasteiger partial charge on any atom is -0.135 e. The average molecular weight is 310 g/mol. The fourth-order valence-corrected chi connectivity index (χ4v) is 3.84. The van der Waals surface area contributed by atoms with Crippen molar-refractivity contribution in [1.82, 2.24) is 0 Å². The zero-order valence-corrected chi connectivity index (χ0v) is 10.3.